The largest absolute Gasteiger partial charge is 0.498 e. The zero-order valence-electron chi connectivity index (χ0n) is 36.4. The van der Waals surface area contributed by atoms with Gasteiger partial charge in [-0.25, -0.2) is 4.57 Å². The Kier molecular flexibility index (Phi) is 37.9. The molecule has 0 aliphatic carbocycles. The van der Waals surface area contributed by atoms with Crippen molar-refractivity contribution in [3.63, 3.8) is 0 Å². The zero-order valence-corrected chi connectivity index (χ0v) is 37.3. The summed E-state index contributed by atoms with van der Waals surface area (Å²) < 4.78 is 34.7. The van der Waals surface area contributed by atoms with Crippen LogP contribution in [0.4, 0.5) is 0 Å². The molecule has 0 aromatic rings. The third-order valence-electron chi connectivity index (χ3n) is 9.47. The fourth-order valence-electron chi connectivity index (χ4n) is 6.00. The van der Waals surface area contributed by atoms with Crippen LogP contribution in [-0.2, 0) is 27.9 Å². The summed E-state index contributed by atoms with van der Waals surface area (Å²) >= 11 is 0. The molecule has 0 aliphatic heterocycles. The molecule has 2 atom stereocenters. The first-order chi connectivity index (χ1) is 26.6. The predicted molar refractivity (Wildman–Crippen MR) is 233 cm³/mol. The second-order valence-corrected chi connectivity index (χ2v) is 17.6. The second kappa shape index (κ2) is 39.1. The monoisotopic (exact) mass is 797 g/mol. The third-order valence-corrected chi connectivity index (χ3v) is 10.5. The van der Waals surface area contributed by atoms with Gasteiger partial charge in [0.05, 0.1) is 34.0 Å². The molecule has 0 saturated heterocycles. The lowest BCUT2D eigenvalue weighted by atomic mass is 10.0. The third kappa shape index (κ3) is 43.3. The van der Waals surface area contributed by atoms with Crippen molar-refractivity contribution >= 4 is 13.8 Å². The number of phosphoric acid groups is 1. The van der Waals surface area contributed by atoms with E-state index in [0.29, 0.717) is 17.4 Å². The van der Waals surface area contributed by atoms with Gasteiger partial charge < -0.3 is 18.9 Å². The number of rotatable bonds is 41. The summed E-state index contributed by atoms with van der Waals surface area (Å²) in [5.74, 6) is -0.353. The molecule has 55 heavy (non-hydrogen) atoms. The molecule has 1 N–H and O–H groups in total. The van der Waals surface area contributed by atoms with Gasteiger partial charge in [0, 0.05) is 6.42 Å². The minimum atomic E-state index is -4.30. The van der Waals surface area contributed by atoms with E-state index in [2.05, 4.69) is 50.3 Å². The molecule has 1 unspecified atom stereocenters. The zero-order chi connectivity index (χ0) is 40.6. The number of phosphoric ester groups is 1. The van der Waals surface area contributed by atoms with Crippen molar-refractivity contribution in [2.75, 3.05) is 47.5 Å². The lowest BCUT2D eigenvalue weighted by Crippen LogP contribution is -2.37. The van der Waals surface area contributed by atoms with E-state index >= 15 is 0 Å². The molecule has 0 fully saturated rings. The van der Waals surface area contributed by atoms with E-state index in [1.54, 1.807) is 6.26 Å². The number of quaternary nitrogens is 1. The summed E-state index contributed by atoms with van der Waals surface area (Å²) in [4.78, 5) is 22.9. The number of unbranched alkanes of at least 4 members (excludes halogenated alkanes) is 21. The van der Waals surface area contributed by atoms with E-state index < -0.39 is 13.9 Å². The molecule has 322 valence electrons. The number of likely N-dealkylation sites (N-methyl/N-ethyl adjacent to an activating group) is 1. The van der Waals surface area contributed by atoms with E-state index in [0.717, 1.165) is 70.6 Å². The highest BCUT2D eigenvalue weighted by Gasteiger charge is 2.26. The van der Waals surface area contributed by atoms with Crippen LogP contribution in [0.3, 0.4) is 0 Å². The summed E-state index contributed by atoms with van der Waals surface area (Å²) in [7, 11) is 1.62. The van der Waals surface area contributed by atoms with Crippen LogP contribution >= 0.6 is 7.82 Å². The molecular weight excluding hydrogens is 709 g/mol. The van der Waals surface area contributed by atoms with E-state index in [4.69, 9.17) is 18.5 Å². The second-order valence-electron chi connectivity index (χ2n) is 16.1. The van der Waals surface area contributed by atoms with Crippen LogP contribution < -0.4 is 0 Å². The highest BCUT2D eigenvalue weighted by Crippen LogP contribution is 2.43. The van der Waals surface area contributed by atoms with Crippen molar-refractivity contribution in [2.45, 2.75) is 193 Å². The Balaban J connectivity index is 4.28. The summed E-state index contributed by atoms with van der Waals surface area (Å²) in [6, 6.07) is 0. The van der Waals surface area contributed by atoms with Crippen molar-refractivity contribution < 1.29 is 37.3 Å². The van der Waals surface area contributed by atoms with Crippen molar-refractivity contribution in [3.8, 4) is 0 Å². The van der Waals surface area contributed by atoms with Gasteiger partial charge in [0.25, 0.3) is 0 Å². The molecule has 0 bridgehead atoms. The minimum Gasteiger partial charge on any atom is -0.498 e. The Morgan fingerprint density at radius 3 is 1.60 bits per heavy atom. The molecule has 8 nitrogen and oxygen atoms in total. The fourth-order valence-corrected chi connectivity index (χ4v) is 6.74. The Hall–Kier alpha value is -1.70. The molecule has 0 aromatic heterocycles. The number of allylic oxidation sites excluding steroid dienone is 7. The molecule has 0 heterocycles. The first kappa shape index (κ1) is 53.3. The smallest absolute Gasteiger partial charge is 0.472 e. The average molecular weight is 797 g/mol. The Bertz CT molecular complexity index is 1020. The van der Waals surface area contributed by atoms with Gasteiger partial charge in [-0.05, 0) is 57.4 Å². The molecule has 0 aliphatic rings. The van der Waals surface area contributed by atoms with Crippen molar-refractivity contribution in [1.29, 1.82) is 0 Å². The lowest BCUT2D eigenvalue weighted by molar-refractivity contribution is -0.870. The average Bonchev–Trinajstić information content (AvgIpc) is 3.13. The standard InChI is InChI=1S/C46H86NO7P/c1-6-8-10-12-14-16-18-20-22-23-24-26-28-30-32-34-36-38-41-51-43-45(44-53-55(49,50)52-42-40-47(3,4)5)54-46(48)39-37-35-33-31-29-27-25-21-19-17-15-13-11-9-7-2/h9,11,15,17,21,25,38,41,45H,6-8,10,12-14,16,18-20,22-24,26-37,39-40,42-44H2,1-5H3/p+1/b11-9-,17-15-,25-21-,41-38-/t45-/m1/s1. The van der Waals surface area contributed by atoms with Gasteiger partial charge in [-0.3, -0.25) is 13.8 Å². The number of carbonyl (C=O) groups is 1. The summed E-state index contributed by atoms with van der Waals surface area (Å²) in [5.41, 5.74) is 0. The van der Waals surface area contributed by atoms with Gasteiger partial charge in [0.2, 0.25) is 0 Å². The maximum atomic E-state index is 12.7. The maximum Gasteiger partial charge on any atom is 0.472 e. The van der Waals surface area contributed by atoms with E-state index in [1.165, 1.54) is 96.3 Å². The molecule has 0 rings (SSSR count). The highest BCUT2D eigenvalue weighted by atomic mass is 31.2. The number of hydrogen-bond acceptors (Lipinski definition) is 6. The number of nitrogens with zero attached hydrogens (tertiary/aromatic N) is 1. The number of ether oxygens (including phenoxy) is 2. The van der Waals surface area contributed by atoms with Crippen LogP contribution in [0.15, 0.2) is 48.8 Å². The Labute approximate surface area is 339 Å². The minimum absolute atomic E-state index is 0.0410. The summed E-state index contributed by atoms with van der Waals surface area (Å²) in [6.07, 6.45) is 48.1. The Morgan fingerprint density at radius 1 is 0.600 bits per heavy atom. The van der Waals surface area contributed by atoms with Crippen LogP contribution in [0, 0.1) is 0 Å². The molecule has 0 spiro atoms. The van der Waals surface area contributed by atoms with Gasteiger partial charge in [0.1, 0.15) is 19.8 Å². The quantitative estimate of drug-likeness (QED) is 0.0164. The Morgan fingerprint density at radius 2 is 1.07 bits per heavy atom. The van der Waals surface area contributed by atoms with Crippen LogP contribution in [0.25, 0.3) is 0 Å². The van der Waals surface area contributed by atoms with Crippen LogP contribution in [0.5, 0.6) is 0 Å². The van der Waals surface area contributed by atoms with Gasteiger partial charge in [-0.1, -0.05) is 166 Å². The summed E-state index contributed by atoms with van der Waals surface area (Å²) in [6.45, 7) is 4.81. The van der Waals surface area contributed by atoms with Crippen LogP contribution in [0.1, 0.15) is 187 Å². The van der Waals surface area contributed by atoms with Gasteiger partial charge in [0.15, 0.2) is 6.10 Å². The predicted octanol–water partition coefficient (Wildman–Crippen LogP) is 13.5. The van der Waals surface area contributed by atoms with Crippen LogP contribution in [-0.4, -0.2) is 69.0 Å². The molecule has 0 amide bonds. The van der Waals surface area contributed by atoms with Gasteiger partial charge in [-0.2, -0.15) is 0 Å². The lowest BCUT2D eigenvalue weighted by Gasteiger charge is -2.24. The van der Waals surface area contributed by atoms with Crippen LogP contribution in [0.2, 0.25) is 0 Å². The number of hydrogen-bond donors (Lipinski definition) is 1. The molecule has 9 heteroatoms. The normalized spacial score (nSPS) is 14.1. The molecule has 0 aromatic carbocycles. The van der Waals surface area contributed by atoms with Crippen molar-refractivity contribution in [2.24, 2.45) is 0 Å². The van der Waals surface area contributed by atoms with E-state index in [-0.39, 0.29) is 25.8 Å². The van der Waals surface area contributed by atoms with E-state index in [1.807, 2.05) is 27.2 Å². The SMILES string of the molecule is CC/C=C\C/C=C\C/C=C\CCCCCCCC(=O)O[C@H](CO/C=C\CCCCCCCCCCCCCCCCCC)COP(=O)(O)OCC[N+](C)(C)C. The van der Waals surface area contributed by atoms with Crippen molar-refractivity contribution in [3.05, 3.63) is 48.8 Å². The maximum absolute atomic E-state index is 12.7. The highest BCUT2D eigenvalue weighted by molar-refractivity contribution is 7.47. The van der Waals surface area contributed by atoms with E-state index in [9.17, 15) is 14.3 Å². The van der Waals surface area contributed by atoms with Gasteiger partial charge >= 0.3 is 13.8 Å². The number of carbonyl (C=O) groups excluding carboxylic acids is 1. The molecular formula is C46H87NO7P+. The van der Waals surface area contributed by atoms with Crippen molar-refractivity contribution in [1.82, 2.24) is 0 Å². The fraction of sp³-hybridized carbons (Fsp3) is 0.804. The first-order valence-corrected chi connectivity index (χ1v) is 23.9. The summed E-state index contributed by atoms with van der Waals surface area (Å²) in [5, 5.41) is 0. The molecule has 0 radical (unpaired) electrons. The number of esters is 1. The topological polar surface area (TPSA) is 91.3 Å². The first-order valence-electron chi connectivity index (χ1n) is 22.4. The van der Waals surface area contributed by atoms with Gasteiger partial charge in [-0.15, -0.1) is 0 Å². The molecule has 0 saturated carbocycles.